The van der Waals surface area contributed by atoms with Crippen LogP contribution in [0.3, 0.4) is 0 Å². The van der Waals surface area contributed by atoms with Gasteiger partial charge >= 0.3 is 7.60 Å². The highest BCUT2D eigenvalue weighted by atomic mass is 31.2. The topological polar surface area (TPSA) is 120 Å². The number of aromatic hydroxyl groups is 1. The number of nitrogens with zero attached hydrogens (tertiary/aromatic N) is 1. The van der Waals surface area contributed by atoms with E-state index in [1.54, 1.807) is 38.1 Å². The van der Waals surface area contributed by atoms with Gasteiger partial charge in [-0.15, -0.1) is 0 Å². The maximum atomic E-state index is 13.9. The fourth-order valence-electron chi connectivity index (χ4n) is 3.49. The number of hydrogen-bond donors (Lipinski definition) is 2. The first-order valence-electron chi connectivity index (χ1n) is 10.0. The Hall–Kier alpha value is -3.13. The van der Waals surface area contributed by atoms with Crippen LogP contribution >= 0.6 is 7.60 Å². The molecule has 3 rings (SSSR count). The summed E-state index contributed by atoms with van der Waals surface area (Å²) in [6, 6.07) is 14.7. The number of ether oxygens (including phenoxy) is 1. The summed E-state index contributed by atoms with van der Waals surface area (Å²) in [5.74, 6) is -1.07. The van der Waals surface area contributed by atoms with Crippen LogP contribution in [-0.4, -0.2) is 30.4 Å². The zero-order valence-electron chi connectivity index (χ0n) is 18.0. The van der Waals surface area contributed by atoms with Crippen LogP contribution in [0.2, 0.25) is 0 Å². The molecule has 0 saturated carbocycles. The molecule has 170 valence electrons. The van der Waals surface area contributed by atoms with Crippen molar-refractivity contribution in [3.63, 3.8) is 0 Å². The van der Waals surface area contributed by atoms with Crippen LogP contribution in [-0.2, 0) is 13.6 Å². The molecule has 1 unspecified atom stereocenters. The lowest BCUT2D eigenvalue weighted by Crippen LogP contribution is -2.17. The standard InChI is InChI=1S/C22H25N2O7P/c1-4-30-32(28,31-5-2)22(21-17-9-7-6-8-15(17)10-13-20(21)25)23-18-12-11-16(29-3)14-19(18)24(26)27/h6-14,22-23,25H,4-5H2,1-3H3. The van der Waals surface area contributed by atoms with Crippen LogP contribution in [0.1, 0.15) is 25.2 Å². The normalized spacial score (nSPS) is 12.5. The van der Waals surface area contributed by atoms with Crippen LogP contribution in [0.15, 0.2) is 54.6 Å². The van der Waals surface area contributed by atoms with Crippen molar-refractivity contribution < 1.29 is 28.4 Å². The molecular weight excluding hydrogens is 435 g/mol. The summed E-state index contributed by atoms with van der Waals surface area (Å²) in [7, 11) is -2.54. The summed E-state index contributed by atoms with van der Waals surface area (Å²) < 4.78 is 30.1. The first kappa shape index (κ1) is 23.5. The zero-order chi connectivity index (χ0) is 23.3. The quantitative estimate of drug-likeness (QED) is 0.220. The lowest BCUT2D eigenvalue weighted by Gasteiger charge is -2.29. The SMILES string of the molecule is CCOP(=O)(OCC)C(Nc1ccc(OC)cc1[N+](=O)[O-])c1c(O)ccc2ccccc12. The summed E-state index contributed by atoms with van der Waals surface area (Å²) in [6.07, 6.45) is 0. The van der Waals surface area contributed by atoms with Crippen molar-refractivity contribution in [2.75, 3.05) is 25.6 Å². The van der Waals surface area contributed by atoms with E-state index in [1.807, 2.05) is 12.1 Å². The zero-order valence-corrected chi connectivity index (χ0v) is 18.9. The van der Waals surface area contributed by atoms with Gasteiger partial charge in [-0.25, -0.2) is 0 Å². The predicted molar refractivity (Wildman–Crippen MR) is 122 cm³/mol. The van der Waals surface area contributed by atoms with Gasteiger partial charge in [0.05, 0.1) is 31.3 Å². The van der Waals surface area contributed by atoms with Gasteiger partial charge in [0.2, 0.25) is 0 Å². The molecule has 0 fully saturated rings. The molecule has 9 nitrogen and oxygen atoms in total. The fourth-order valence-corrected chi connectivity index (χ4v) is 5.46. The van der Waals surface area contributed by atoms with E-state index >= 15 is 0 Å². The molecule has 0 aliphatic carbocycles. The monoisotopic (exact) mass is 460 g/mol. The molecule has 0 amide bonds. The minimum Gasteiger partial charge on any atom is -0.508 e. The second kappa shape index (κ2) is 9.99. The first-order valence-corrected chi connectivity index (χ1v) is 11.6. The molecule has 0 aromatic heterocycles. The van der Waals surface area contributed by atoms with Gasteiger partial charge in [0.25, 0.3) is 5.69 Å². The summed E-state index contributed by atoms with van der Waals surface area (Å²) >= 11 is 0. The Morgan fingerprint density at radius 3 is 2.41 bits per heavy atom. The molecule has 0 heterocycles. The summed E-state index contributed by atoms with van der Waals surface area (Å²) in [5, 5.41) is 26.9. The third kappa shape index (κ3) is 4.70. The molecule has 0 spiro atoms. The van der Waals surface area contributed by atoms with E-state index in [0.29, 0.717) is 11.1 Å². The van der Waals surface area contributed by atoms with Crippen molar-refractivity contribution >= 4 is 29.7 Å². The Balaban J connectivity index is 2.26. The van der Waals surface area contributed by atoms with Crippen molar-refractivity contribution in [3.05, 3.63) is 70.3 Å². The number of benzene rings is 3. The number of hydrogen-bond acceptors (Lipinski definition) is 8. The van der Waals surface area contributed by atoms with Crippen LogP contribution in [0, 0.1) is 10.1 Å². The lowest BCUT2D eigenvalue weighted by atomic mass is 10.0. The van der Waals surface area contributed by atoms with E-state index in [1.165, 1.54) is 25.3 Å². The van der Waals surface area contributed by atoms with Crippen LogP contribution in [0.25, 0.3) is 10.8 Å². The molecule has 1 atom stereocenters. The molecular formula is C22H25N2O7P. The third-order valence-corrected chi connectivity index (χ3v) is 7.11. The van der Waals surface area contributed by atoms with Crippen molar-refractivity contribution in [1.82, 2.24) is 0 Å². The van der Waals surface area contributed by atoms with Gasteiger partial charge in [-0.2, -0.15) is 0 Å². The second-order valence-corrected chi connectivity index (χ2v) is 8.89. The second-order valence-electron chi connectivity index (χ2n) is 6.78. The van der Waals surface area contributed by atoms with Crippen molar-refractivity contribution in [3.8, 4) is 11.5 Å². The number of nitro benzene ring substituents is 1. The van der Waals surface area contributed by atoms with Gasteiger partial charge in [0, 0.05) is 5.56 Å². The Morgan fingerprint density at radius 1 is 1.09 bits per heavy atom. The van der Waals surface area contributed by atoms with Gasteiger partial charge in [0.1, 0.15) is 17.2 Å². The van der Waals surface area contributed by atoms with E-state index in [-0.39, 0.29) is 35.9 Å². The minimum atomic E-state index is -3.94. The van der Waals surface area contributed by atoms with Gasteiger partial charge in [0.15, 0.2) is 5.78 Å². The highest BCUT2D eigenvalue weighted by molar-refractivity contribution is 7.54. The van der Waals surface area contributed by atoms with E-state index in [0.717, 1.165) is 5.39 Å². The number of nitro groups is 1. The Bertz CT molecular complexity index is 1160. The maximum Gasteiger partial charge on any atom is 0.357 e. The predicted octanol–water partition coefficient (Wildman–Crippen LogP) is 5.84. The Kier molecular flexibility index (Phi) is 7.35. The molecule has 0 aliphatic heterocycles. The van der Waals surface area contributed by atoms with Gasteiger partial charge in [-0.3, -0.25) is 14.7 Å². The van der Waals surface area contributed by atoms with Crippen LogP contribution < -0.4 is 10.1 Å². The maximum absolute atomic E-state index is 13.9. The average molecular weight is 460 g/mol. The molecule has 0 aliphatic rings. The molecule has 0 saturated heterocycles. The molecule has 10 heteroatoms. The van der Waals surface area contributed by atoms with E-state index < -0.39 is 18.3 Å². The van der Waals surface area contributed by atoms with Crippen LogP contribution in [0.5, 0.6) is 11.5 Å². The fraction of sp³-hybridized carbons (Fsp3) is 0.273. The number of nitrogens with one attached hydrogen (secondary N) is 1. The summed E-state index contributed by atoms with van der Waals surface area (Å²) in [6.45, 7) is 3.49. The van der Waals surface area contributed by atoms with Crippen LogP contribution in [0.4, 0.5) is 11.4 Å². The first-order chi connectivity index (χ1) is 15.3. The van der Waals surface area contributed by atoms with Gasteiger partial charge in [-0.1, -0.05) is 30.3 Å². The van der Waals surface area contributed by atoms with Crippen molar-refractivity contribution in [2.45, 2.75) is 19.6 Å². The van der Waals surface area contributed by atoms with Crippen molar-refractivity contribution in [2.24, 2.45) is 0 Å². The lowest BCUT2D eigenvalue weighted by molar-refractivity contribution is -0.384. The molecule has 32 heavy (non-hydrogen) atoms. The molecule has 2 N–H and O–H groups in total. The molecule has 3 aromatic carbocycles. The minimum absolute atomic E-state index is 0.0751. The summed E-state index contributed by atoms with van der Waals surface area (Å²) in [4.78, 5) is 11.1. The number of methoxy groups -OCH3 is 1. The molecule has 0 bridgehead atoms. The Morgan fingerprint density at radius 2 is 1.78 bits per heavy atom. The molecule has 3 aromatic rings. The largest absolute Gasteiger partial charge is 0.508 e. The number of rotatable bonds is 10. The van der Waals surface area contributed by atoms with Gasteiger partial charge < -0.3 is 24.2 Å². The highest BCUT2D eigenvalue weighted by Gasteiger charge is 2.40. The number of anilines is 1. The average Bonchev–Trinajstić information content (AvgIpc) is 2.78. The Labute approximate surface area is 185 Å². The van der Waals surface area contributed by atoms with E-state index in [2.05, 4.69) is 5.32 Å². The number of phenolic OH excluding ortho intramolecular Hbond substituents is 1. The molecule has 0 radical (unpaired) electrons. The van der Waals surface area contributed by atoms with E-state index in [4.69, 9.17) is 13.8 Å². The number of fused-ring (bicyclic) bond motifs is 1. The van der Waals surface area contributed by atoms with Crippen molar-refractivity contribution in [1.29, 1.82) is 0 Å². The smallest absolute Gasteiger partial charge is 0.357 e. The highest BCUT2D eigenvalue weighted by Crippen LogP contribution is 2.63. The van der Waals surface area contributed by atoms with E-state index in [9.17, 15) is 19.8 Å². The number of phenols is 1. The van der Waals surface area contributed by atoms with Gasteiger partial charge in [-0.05, 0) is 42.8 Å². The third-order valence-electron chi connectivity index (χ3n) is 4.85. The summed E-state index contributed by atoms with van der Waals surface area (Å²) in [5.41, 5.74) is 0.0554.